The number of H-pyrrole nitrogens is 1. The van der Waals surface area contributed by atoms with Gasteiger partial charge in [0.05, 0.1) is 17.9 Å². The number of nitrogens with one attached hydrogen (secondary N) is 1. The molecule has 0 aromatic carbocycles. The number of fused-ring (bicyclic) bond motifs is 1. The Morgan fingerprint density at radius 2 is 2.20 bits per heavy atom. The van der Waals surface area contributed by atoms with E-state index in [0.717, 1.165) is 29.0 Å². The van der Waals surface area contributed by atoms with Gasteiger partial charge in [0.1, 0.15) is 5.52 Å². The Balaban J connectivity index is 2.16. The van der Waals surface area contributed by atoms with Gasteiger partial charge in [-0.25, -0.2) is 0 Å². The SMILES string of the molecule is CCc1cccnc1Cn1c(=S)[nH]c2c(C)nn(C)c21. The molecule has 20 heavy (non-hydrogen) atoms. The second-order valence-electron chi connectivity index (χ2n) is 4.89. The molecule has 5 nitrogen and oxygen atoms in total. The molecule has 0 radical (unpaired) electrons. The van der Waals surface area contributed by atoms with Crippen LogP contribution < -0.4 is 0 Å². The average molecular weight is 287 g/mol. The van der Waals surface area contributed by atoms with E-state index >= 15 is 0 Å². The highest BCUT2D eigenvalue weighted by Gasteiger charge is 2.14. The summed E-state index contributed by atoms with van der Waals surface area (Å²) in [6.45, 7) is 4.79. The summed E-state index contributed by atoms with van der Waals surface area (Å²) in [4.78, 5) is 7.74. The molecule has 1 N–H and O–H groups in total. The fraction of sp³-hybridized carbons (Fsp3) is 0.357. The summed E-state index contributed by atoms with van der Waals surface area (Å²) in [5.41, 5.74) is 5.30. The van der Waals surface area contributed by atoms with E-state index in [-0.39, 0.29) is 0 Å². The summed E-state index contributed by atoms with van der Waals surface area (Å²) in [5, 5.41) is 4.43. The zero-order valence-corrected chi connectivity index (χ0v) is 12.7. The van der Waals surface area contributed by atoms with Crippen LogP contribution in [0.5, 0.6) is 0 Å². The first kappa shape index (κ1) is 13.1. The molecule has 3 heterocycles. The van der Waals surface area contributed by atoms with Crippen LogP contribution in [0.3, 0.4) is 0 Å². The van der Waals surface area contributed by atoms with Crippen molar-refractivity contribution in [2.45, 2.75) is 26.8 Å². The van der Waals surface area contributed by atoms with Gasteiger partial charge in [0, 0.05) is 13.2 Å². The highest BCUT2D eigenvalue weighted by atomic mass is 32.1. The van der Waals surface area contributed by atoms with E-state index in [2.05, 4.69) is 32.6 Å². The maximum absolute atomic E-state index is 5.44. The van der Waals surface area contributed by atoms with E-state index < -0.39 is 0 Å². The maximum atomic E-state index is 5.44. The first-order valence-corrected chi connectivity index (χ1v) is 7.07. The van der Waals surface area contributed by atoms with Crippen LogP contribution in [0, 0.1) is 11.7 Å². The molecule has 0 spiro atoms. The predicted octanol–water partition coefficient (Wildman–Crippen LogP) is 2.75. The summed E-state index contributed by atoms with van der Waals surface area (Å²) in [5.74, 6) is 0. The third-order valence-corrected chi connectivity index (χ3v) is 3.92. The first-order valence-electron chi connectivity index (χ1n) is 6.66. The predicted molar refractivity (Wildman–Crippen MR) is 81.3 cm³/mol. The largest absolute Gasteiger partial charge is 0.328 e. The minimum Gasteiger partial charge on any atom is -0.328 e. The third kappa shape index (κ3) is 1.96. The van der Waals surface area contributed by atoms with Gasteiger partial charge in [-0.3, -0.25) is 14.2 Å². The number of hydrogen-bond acceptors (Lipinski definition) is 3. The summed E-state index contributed by atoms with van der Waals surface area (Å²) in [6, 6.07) is 4.09. The topological polar surface area (TPSA) is 51.4 Å². The van der Waals surface area contributed by atoms with Crippen LogP contribution in [0.25, 0.3) is 11.2 Å². The second kappa shape index (κ2) is 4.86. The summed E-state index contributed by atoms with van der Waals surface area (Å²) in [7, 11) is 1.94. The van der Waals surface area contributed by atoms with E-state index in [0.29, 0.717) is 11.3 Å². The standard InChI is InChI=1S/C14H17N5S/c1-4-10-6-5-7-15-11(10)8-19-13-12(16-14(19)20)9(2)17-18(13)3/h5-7H,4,8H2,1-3H3,(H,16,20). The Bertz CT molecular complexity index is 824. The lowest BCUT2D eigenvalue weighted by Crippen LogP contribution is -2.07. The van der Waals surface area contributed by atoms with Crippen molar-refractivity contribution in [2.75, 3.05) is 0 Å². The van der Waals surface area contributed by atoms with E-state index in [1.54, 1.807) is 0 Å². The van der Waals surface area contributed by atoms with Crippen LogP contribution in [0.15, 0.2) is 18.3 Å². The van der Waals surface area contributed by atoms with Crippen molar-refractivity contribution in [3.8, 4) is 0 Å². The zero-order valence-electron chi connectivity index (χ0n) is 11.8. The van der Waals surface area contributed by atoms with Gasteiger partial charge in [-0.15, -0.1) is 0 Å². The minimum atomic E-state index is 0.668. The molecule has 0 aliphatic rings. The molecule has 0 aliphatic heterocycles. The molecule has 0 fully saturated rings. The highest BCUT2D eigenvalue weighted by Crippen LogP contribution is 2.19. The summed E-state index contributed by atoms with van der Waals surface area (Å²) in [6.07, 6.45) is 2.80. The fourth-order valence-electron chi connectivity index (χ4n) is 2.60. The molecule has 0 saturated heterocycles. The zero-order chi connectivity index (χ0) is 14.3. The van der Waals surface area contributed by atoms with Crippen LogP contribution in [-0.2, 0) is 20.0 Å². The van der Waals surface area contributed by atoms with Crippen molar-refractivity contribution in [1.82, 2.24) is 24.3 Å². The summed E-state index contributed by atoms with van der Waals surface area (Å²) >= 11 is 5.44. The molecule has 0 aliphatic carbocycles. The first-order chi connectivity index (χ1) is 9.61. The van der Waals surface area contributed by atoms with Crippen LogP contribution in [0.4, 0.5) is 0 Å². The Labute approximate surface area is 122 Å². The van der Waals surface area contributed by atoms with E-state index in [1.165, 1.54) is 5.56 Å². The minimum absolute atomic E-state index is 0.668. The molecule has 3 aromatic heterocycles. The smallest absolute Gasteiger partial charge is 0.179 e. The van der Waals surface area contributed by atoms with E-state index in [4.69, 9.17) is 12.2 Å². The lowest BCUT2D eigenvalue weighted by molar-refractivity contribution is 0.702. The Kier molecular flexibility index (Phi) is 3.17. The quantitative estimate of drug-likeness (QED) is 0.754. The number of aromatic amines is 1. The lowest BCUT2D eigenvalue weighted by Gasteiger charge is -2.08. The summed E-state index contributed by atoms with van der Waals surface area (Å²) < 4.78 is 4.64. The van der Waals surface area contributed by atoms with Crippen molar-refractivity contribution in [3.05, 3.63) is 40.1 Å². The molecule has 0 atom stereocenters. The van der Waals surface area contributed by atoms with Crippen molar-refractivity contribution < 1.29 is 0 Å². The second-order valence-corrected chi connectivity index (χ2v) is 5.27. The van der Waals surface area contributed by atoms with Gasteiger partial charge in [-0.2, -0.15) is 5.10 Å². The van der Waals surface area contributed by atoms with Crippen molar-refractivity contribution >= 4 is 23.4 Å². The lowest BCUT2D eigenvalue weighted by atomic mass is 10.1. The maximum Gasteiger partial charge on any atom is 0.179 e. The monoisotopic (exact) mass is 287 g/mol. The average Bonchev–Trinajstić information content (AvgIpc) is 2.90. The van der Waals surface area contributed by atoms with Crippen LogP contribution in [0.2, 0.25) is 0 Å². The molecule has 6 heteroatoms. The third-order valence-electron chi connectivity index (χ3n) is 3.60. The normalized spacial score (nSPS) is 11.3. The molecule has 3 aromatic rings. The fourth-order valence-corrected chi connectivity index (χ4v) is 2.86. The number of rotatable bonds is 3. The van der Waals surface area contributed by atoms with Gasteiger partial charge in [0.25, 0.3) is 0 Å². The van der Waals surface area contributed by atoms with Crippen LogP contribution in [-0.4, -0.2) is 24.3 Å². The Morgan fingerprint density at radius 1 is 1.40 bits per heavy atom. The van der Waals surface area contributed by atoms with Gasteiger partial charge < -0.3 is 4.98 Å². The van der Waals surface area contributed by atoms with Gasteiger partial charge in [-0.1, -0.05) is 13.0 Å². The van der Waals surface area contributed by atoms with Crippen molar-refractivity contribution in [2.24, 2.45) is 7.05 Å². The Hall–Kier alpha value is -1.95. The van der Waals surface area contributed by atoms with Gasteiger partial charge in [0.15, 0.2) is 10.4 Å². The van der Waals surface area contributed by atoms with Gasteiger partial charge >= 0.3 is 0 Å². The van der Waals surface area contributed by atoms with Gasteiger partial charge in [0.2, 0.25) is 0 Å². The molecular weight excluding hydrogens is 270 g/mol. The highest BCUT2D eigenvalue weighted by molar-refractivity contribution is 7.71. The molecule has 104 valence electrons. The Morgan fingerprint density at radius 3 is 2.95 bits per heavy atom. The van der Waals surface area contributed by atoms with E-state index in [9.17, 15) is 0 Å². The van der Waals surface area contributed by atoms with Crippen LogP contribution in [0.1, 0.15) is 23.9 Å². The van der Waals surface area contributed by atoms with Crippen molar-refractivity contribution in [3.63, 3.8) is 0 Å². The molecular formula is C14H17N5S. The number of aromatic nitrogens is 5. The molecule has 0 amide bonds. The molecule has 0 saturated carbocycles. The van der Waals surface area contributed by atoms with Gasteiger partial charge in [-0.05, 0) is 37.2 Å². The molecule has 3 rings (SSSR count). The number of pyridine rings is 1. The van der Waals surface area contributed by atoms with E-state index in [1.807, 2.05) is 30.9 Å². The number of nitrogens with zero attached hydrogens (tertiary/aromatic N) is 4. The number of imidazole rings is 1. The molecule has 0 bridgehead atoms. The molecule has 0 unspecified atom stereocenters. The number of hydrogen-bond donors (Lipinski definition) is 1. The van der Waals surface area contributed by atoms with Crippen molar-refractivity contribution in [1.29, 1.82) is 0 Å². The number of aryl methyl sites for hydroxylation is 3. The van der Waals surface area contributed by atoms with Crippen LogP contribution >= 0.6 is 12.2 Å².